The molecule has 2 aromatic carbocycles. The molecule has 0 radical (unpaired) electrons. The van der Waals surface area contributed by atoms with E-state index >= 15 is 0 Å². The van der Waals surface area contributed by atoms with Crippen LogP contribution >= 0.6 is 39.1 Å². The fourth-order valence-electron chi connectivity index (χ4n) is 2.17. The van der Waals surface area contributed by atoms with E-state index < -0.39 is 0 Å². The lowest BCUT2D eigenvalue weighted by Crippen LogP contribution is -2.00. The van der Waals surface area contributed by atoms with Crippen LogP contribution in [0.5, 0.6) is 0 Å². The van der Waals surface area contributed by atoms with Crippen molar-refractivity contribution in [2.24, 2.45) is 0 Å². The molecule has 0 amide bonds. The SMILES string of the molecule is Cc1cc(C(Cl)c2ccc(Br)cc2C)c(C)cc1Cl. The highest BCUT2D eigenvalue weighted by atomic mass is 79.9. The maximum Gasteiger partial charge on any atom is 0.0840 e. The van der Waals surface area contributed by atoms with E-state index in [1.54, 1.807) is 0 Å². The first-order valence-electron chi connectivity index (χ1n) is 6.07. The largest absolute Gasteiger partial charge is 0.113 e. The van der Waals surface area contributed by atoms with Gasteiger partial charge in [0.1, 0.15) is 0 Å². The zero-order chi connectivity index (χ0) is 14.2. The van der Waals surface area contributed by atoms with Gasteiger partial charge in [-0.3, -0.25) is 0 Å². The third kappa shape index (κ3) is 3.16. The van der Waals surface area contributed by atoms with Crippen LogP contribution in [-0.2, 0) is 0 Å². The molecule has 2 rings (SSSR count). The van der Waals surface area contributed by atoms with Crippen LogP contribution in [0.1, 0.15) is 33.2 Å². The number of halogens is 3. The lowest BCUT2D eigenvalue weighted by Gasteiger charge is -2.17. The van der Waals surface area contributed by atoms with Gasteiger partial charge in [0.15, 0.2) is 0 Å². The van der Waals surface area contributed by atoms with Crippen LogP contribution in [0.25, 0.3) is 0 Å². The second-order valence-electron chi connectivity index (χ2n) is 4.82. The molecule has 0 heterocycles. The minimum absolute atomic E-state index is 0.149. The second kappa shape index (κ2) is 5.87. The summed E-state index contributed by atoms with van der Waals surface area (Å²) >= 11 is 16.3. The molecule has 0 spiro atoms. The summed E-state index contributed by atoms with van der Waals surface area (Å²) in [6, 6.07) is 10.2. The molecule has 1 atom stereocenters. The van der Waals surface area contributed by atoms with E-state index in [0.29, 0.717) is 0 Å². The van der Waals surface area contributed by atoms with E-state index in [1.807, 2.05) is 26.0 Å². The molecule has 3 heteroatoms. The Labute approximate surface area is 132 Å². The van der Waals surface area contributed by atoms with Crippen LogP contribution in [0.2, 0.25) is 5.02 Å². The molecular weight excluding hydrogens is 343 g/mol. The highest BCUT2D eigenvalue weighted by Gasteiger charge is 2.16. The fourth-order valence-corrected chi connectivity index (χ4v) is 3.34. The summed E-state index contributed by atoms with van der Waals surface area (Å²) in [5, 5.41) is 0.640. The summed E-state index contributed by atoms with van der Waals surface area (Å²) in [5.74, 6) is 0. The van der Waals surface area contributed by atoms with Crippen molar-refractivity contribution in [2.45, 2.75) is 26.1 Å². The Bertz CT molecular complexity index is 620. The number of benzene rings is 2. The van der Waals surface area contributed by atoms with Crippen molar-refractivity contribution in [3.8, 4) is 0 Å². The number of alkyl halides is 1. The maximum absolute atomic E-state index is 6.66. The summed E-state index contributed by atoms with van der Waals surface area (Å²) < 4.78 is 1.07. The summed E-state index contributed by atoms with van der Waals surface area (Å²) in [4.78, 5) is 0. The van der Waals surface area contributed by atoms with Gasteiger partial charge in [-0.25, -0.2) is 0 Å². The van der Waals surface area contributed by atoms with Gasteiger partial charge >= 0.3 is 0 Å². The highest BCUT2D eigenvalue weighted by molar-refractivity contribution is 9.10. The molecule has 0 aliphatic carbocycles. The zero-order valence-electron chi connectivity index (χ0n) is 11.1. The van der Waals surface area contributed by atoms with E-state index in [4.69, 9.17) is 23.2 Å². The van der Waals surface area contributed by atoms with Crippen molar-refractivity contribution in [1.82, 2.24) is 0 Å². The topological polar surface area (TPSA) is 0 Å². The van der Waals surface area contributed by atoms with Crippen molar-refractivity contribution >= 4 is 39.1 Å². The molecule has 0 nitrogen and oxygen atoms in total. The molecular formula is C16H15BrCl2. The van der Waals surface area contributed by atoms with E-state index in [1.165, 1.54) is 5.56 Å². The Morgan fingerprint density at radius 3 is 2.16 bits per heavy atom. The Morgan fingerprint density at radius 1 is 0.895 bits per heavy atom. The lowest BCUT2D eigenvalue weighted by atomic mass is 9.95. The Balaban J connectivity index is 2.49. The highest BCUT2D eigenvalue weighted by Crippen LogP contribution is 2.35. The van der Waals surface area contributed by atoms with Gasteiger partial charge in [-0.05, 0) is 66.8 Å². The normalized spacial score (nSPS) is 12.5. The van der Waals surface area contributed by atoms with Gasteiger partial charge in [0.25, 0.3) is 0 Å². The van der Waals surface area contributed by atoms with Crippen molar-refractivity contribution in [3.63, 3.8) is 0 Å². The lowest BCUT2D eigenvalue weighted by molar-refractivity contribution is 1.08. The first-order chi connectivity index (χ1) is 8.90. The van der Waals surface area contributed by atoms with Crippen LogP contribution < -0.4 is 0 Å². The van der Waals surface area contributed by atoms with Gasteiger partial charge in [-0.15, -0.1) is 11.6 Å². The van der Waals surface area contributed by atoms with Gasteiger partial charge in [0.2, 0.25) is 0 Å². The number of aryl methyl sites for hydroxylation is 3. The monoisotopic (exact) mass is 356 g/mol. The molecule has 0 saturated heterocycles. The first-order valence-corrected chi connectivity index (χ1v) is 7.67. The molecule has 1 unspecified atom stereocenters. The maximum atomic E-state index is 6.66. The molecule has 100 valence electrons. The molecule has 2 aromatic rings. The van der Waals surface area contributed by atoms with Crippen LogP contribution in [0, 0.1) is 20.8 Å². The van der Waals surface area contributed by atoms with Gasteiger partial charge in [0.05, 0.1) is 5.38 Å². The van der Waals surface area contributed by atoms with E-state index in [-0.39, 0.29) is 5.38 Å². The predicted octanol–water partition coefficient (Wildman–Crippen LogP) is 6.36. The summed E-state index contributed by atoms with van der Waals surface area (Å²) in [6.45, 7) is 6.13. The number of rotatable bonds is 2. The average molecular weight is 358 g/mol. The van der Waals surface area contributed by atoms with E-state index in [9.17, 15) is 0 Å². The van der Waals surface area contributed by atoms with Crippen molar-refractivity contribution in [1.29, 1.82) is 0 Å². The Morgan fingerprint density at radius 2 is 1.53 bits per heavy atom. The summed E-state index contributed by atoms with van der Waals surface area (Å²) in [5.41, 5.74) is 5.62. The van der Waals surface area contributed by atoms with Crippen molar-refractivity contribution in [3.05, 3.63) is 67.6 Å². The van der Waals surface area contributed by atoms with Gasteiger partial charge in [-0.2, -0.15) is 0 Å². The minimum Gasteiger partial charge on any atom is -0.113 e. The van der Waals surface area contributed by atoms with Gasteiger partial charge < -0.3 is 0 Å². The predicted molar refractivity (Wildman–Crippen MR) is 87.5 cm³/mol. The molecule has 0 aromatic heterocycles. The Kier molecular flexibility index (Phi) is 4.60. The van der Waals surface area contributed by atoms with Crippen molar-refractivity contribution in [2.75, 3.05) is 0 Å². The van der Waals surface area contributed by atoms with Crippen molar-refractivity contribution < 1.29 is 0 Å². The smallest absolute Gasteiger partial charge is 0.0840 e. The van der Waals surface area contributed by atoms with Gasteiger partial charge in [-0.1, -0.05) is 39.7 Å². The van der Waals surface area contributed by atoms with Crippen LogP contribution in [0.3, 0.4) is 0 Å². The first kappa shape index (κ1) is 14.9. The molecule has 0 N–H and O–H groups in total. The third-order valence-corrected chi connectivity index (χ3v) is 4.70. The standard InChI is InChI=1S/C16H15BrCl2/c1-9-6-12(17)4-5-13(9)16(19)14-7-11(3)15(18)8-10(14)2/h4-8,16H,1-3H3. The second-order valence-corrected chi connectivity index (χ2v) is 6.58. The molecule has 0 fully saturated rings. The number of hydrogen-bond acceptors (Lipinski definition) is 0. The Hall–Kier alpha value is -0.500. The van der Waals surface area contributed by atoms with Crippen LogP contribution in [-0.4, -0.2) is 0 Å². The van der Waals surface area contributed by atoms with E-state index in [0.717, 1.165) is 31.7 Å². The average Bonchev–Trinajstić information content (AvgIpc) is 2.33. The van der Waals surface area contributed by atoms with Crippen LogP contribution in [0.15, 0.2) is 34.8 Å². The number of hydrogen-bond donors (Lipinski definition) is 0. The fraction of sp³-hybridized carbons (Fsp3) is 0.250. The molecule has 0 aliphatic heterocycles. The van der Waals surface area contributed by atoms with Crippen LogP contribution in [0.4, 0.5) is 0 Å². The minimum atomic E-state index is -0.149. The molecule has 0 bridgehead atoms. The van der Waals surface area contributed by atoms with Gasteiger partial charge in [0, 0.05) is 9.50 Å². The molecule has 19 heavy (non-hydrogen) atoms. The quantitative estimate of drug-likeness (QED) is 0.549. The summed E-state index contributed by atoms with van der Waals surface area (Å²) in [6.07, 6.45) is 0. The third-order valence-electron chi connectivity index (χ3n) is 3.33. The van der Waals surface area contributed by atoms with E-state index in [2.05, 4.69) is 41.1 Å². The summed E-state index contributed by atoms with van der Waals surface area (Å²) in [7, 11) is 0. The zero-order valence-corrected chi connectivity index (χ0v) is 14.2. The molecule has 0 saturated carbocycles. The molecule has 0 aliphatic rings.